The van der Waals surface area contributed by atoms with Gasteiger partial charge in [-0.3, -0.25) is 4.98 Å². The number of aromatic nitrogens is 1. The van der Waals surface area contributed by atoms with Gasteiger partial charge in [0, 0.05) is 71.3 Å². The van der Waals surface area contributed by atoms with Crippen molar-refractivity contribution in [3.05, 3.63) is 212 Å². The molecule has 0 amide bonds. The second-order valence-corrected chi connectivity index (χ2v) is 16.8. The molecule has 0 saturated heterocycles. The zero-order valence-corrected chi connectivity index (χ0v) is 33.8. The lowest BCUT2D eigenvalue weighted by molar-refractivity contribution is 0.997. The van der Waals surface area contributed by atoms with Crippen molar-refractivity contribution in [1.82, 2.24) is 4.98 Å². The molecule has 0 unspecified atom stereocenters. The number of pyridine rings is 1. The third kappa shape index (κ3) is 6.34. The molecule has 3 aromatic heterocycles. The highest BCUT2D eigenvalue weighted by Crippen LogP contribution is 2.51. The fraction of sp³-hybridized carbons (Fsp3) is 0.0377. The maximum atomic E-state index is 4.49. The number of fused-ring (bicyclic) bond motifs is 6. The SMILES string of the molecule is C1=CC(N(c2ccccc2)c2cc(N(c3ccccc3)c3cccc4c3sc3ccc(N(c5ccccc5)c5cccnc5)cc34)c3sc4ccccc4c3c2)=CCC1. The Bertz CT molecular complexity index is 3130. The van der Waals surface area contributed by atoms with Crippen LogP contribution < -0.4 is 14.7 Å². The van der Waals surface area contributed by atoms with Crippen molar-refractivity contribution in [1.29, 1.82) is 0 Å². The molecule has 10 aromatic rings. The number of para-hydroxylation sites is 3. The maximum absolute atomic E-state index is 4.49. The van der Waals surface area contributed by atoms with Crippen LogP contribution in [0.15, 0.2) is 212 Å². The van der Waals surface area contributed by atoms with E-state index in [0.717, 1.165) is 58.3 Å². The van der Waals surface area contributed by atoms with Crippen molar-refractivity contribution in [2.45, 2.75) is 12.8 Å². The van der Waals surface area contributed by atoms with E-state index in [1.165, 1.54) is 46.0 Å². The normalized spacial score (nSPS) is 12.6. The number of thiophene rings is 2. The van der Waals surface area contributed by atoms with Crippen LogP contribution in [0.4, 0.5) is 45.5 Å². The molecule has 4 nitrogen and oxygen atoms in total. The van der Waals surface area contributed by atoms with Gasteiger partial charge in [0.2, 0.25) is 0 Å². The molecule has 6 heteroatoms. The molecule has 7 aromatic carbocycles. The summed E-state index contributed by atoms with van der Waals surface area (Å²) in [7, 11) is 0. The summed E-state index contributed by atoms with van der Waals surface area (Å²) in [4.78, 5) is 11.7. The fourth-order valence-corrected chi connectivity index (χ4v) is 10.8. The van der Waals surface area contributed by atoms with Crippen LogP contribution in [0.25, 0.3) is 40.3 Å². The molecule has 11 rings (SSSR count). The number of anilines is 8. The number of hydrogen-bond acceptors (Lipinski definition) is 6. The molecule has 0 atom stereocenters. The summed E-state index contributed by atoms with van der Waals surface area (Å²) in [5.74, 6) is 0. The first kappa shape index (κ1) is 35.2. The highest BCUT2D eigenvalue weighted by Gasteiger charge is 2.25. The van der Waals surface area contributed by atoms with E-state index in [1.807, 2.05) is 41.1 Å². The van der Waals surface area contributed by atoms with Crippen LogP contribution in [0, 0.1) is 0 Å². The van der Waals surface area contributed by atoms with Gasteiger partial charge in [-0.1, -0.05) is 97.1 Å². The number of allylic oxidation sites excluding steroid dienone is 3. The highest BCUT2D eigenvalue weighted by atomic mass is 32.1. The lowest BCUT2D eigenvalue weighted by Crippen LogP contribution is -2.17. The van der Waals surface area contributed by atoms with Crippen molar-refractivity contribution in [3.63, 3.8) is 0 Å². The molecule has 1 aliphatic carbocycles. The van der Waals surface area contributed by atoms with Crippen LogP contribution >= 0.6 is 22.7 Å². The number of benzene rings is 7. The van der Waals surface area contributed by atoms with Gasteiger partial charge < -0.3 is 14.7 Å². The summed E-state index contributed by atoms with van der Waals surface area (Å²) in [5, 5.41) is 4.99. The third-order valence-corrected chi connectivity index (χ3v) is 13.5. The minimum atomic E-state index is 1.02. The lowest BCUT2D eigenvalue weighted by Gasteiger charge is -2.31. The molecule has 0 N–H and O–H groups in total. The van der Waals surface area contributed by atoms with Gasteiger partial charge in [0.1, 0.15) is 0 Å². The number of rotatable bonds is 9. The Hall–Kier alpha value is -6.99. The predicted octanol–water partition coefficient (Wildman–Crippen LogP) is 16.1. The average molecular weight is 795 g/mol. The summed E-state index contributed by atoms with van der Waals surface area (Å²) in [6, 6.07) is 63.7. The van der Waals surface area contributed by atoms with Crippen molar-refractivity contribution in [3.8, 4) is 0 Å². The van der Waals surface area contributed by atoms with Gasteiger partial charge >= 0.3 is 0 Å². The lowest BCUT2D eigenvalue weighted by atomic mass is 10.0. The Balaban J connectivity index is 1.16. The monoisotopic (exact) mass is 794 g/mol. The van der Waals surface area contributed by atoms with Gasteiger partial charge in [0.15, 0.2) is 0 Å². The number of hydrogen-bond donors (Lipinski definition) is 0. The molecule has 0 bridgehead atoms. The standard InChI is InChI=1S/C53H38N4S2/c1-5-17-37(18-6-1)55(38-19-7-2-8-20-38)43-34-47-44-26-13-14-29-50(44)58-53(47)49(35-43)57(40-23-11-4-12-24-40)48-28-15-27-45-46-33-41(30-31-51(46)59-52(45)48)56(39-21-9-3-10-22-39)42-25-16-32-54-36-42/h1,3-7,9-36H,2,8H2. The van der Waals surface area contributed by atoms with Crippen LogP contribution in [0.2, 0.25) is 0 Å². The molecule has 1 aliphatic rings. The molecule has 0 fully saturated rings. The molecule has 59 heavy (non-hydrogen) atoms. The molecular weight excluding hydrogens is 757 g/mol. The van der Waals surface area contributed by atoms with Gasteiger partial charge in [-0.15, -0.1) is 22.7 Å². The van der Waals surface area contributed by atoms with E-state index in [2.05, 4.69) is 208 Å². The van der Waals surface area contributed by atoms with Crippen LogP contribution in [0.3, 0.4) is 0 Å². The van der Waals surface area contributed by atoms with Gasteiger partial charge in [0.25, 0.3) is 0 Å². The van der Waals surface area contributed by atoms with Crippen LogP contribution in [0.5, 0.6) is 0 Å². The van der Waals surface area contributed by atoms with Gasteiger partial charge in [-0.05, 0) is 110 Å². The van der Waals surface area contributed by atoms with Crippen molar-refractivity contribution in [2.75, 3.05) is 14.7 Å². The van der Waals surface area contributed by atoms with E-state index >= 15 is 0 Å². The second-order valence-electron chi connectivity index (χ2n) is 14.7. The van der Waals surface area contributed by atoms with Gasteiger partial charge in [0.05, 0.1) is 32.7 Å². The van der Waals surface area contributed by atoms with E-state index in [1.54, 1.807) is 0 Å². The fourth-order valence-electron chi connectivity index (χ4n) is 8.46. The van der Waals surface area contributed by atoms with E-state index in [4.69, 9.17) is 0 Å². The van der Waals surface area contributed by atoms with Crippen molar-refractivity contribution in [2.24, 2.45) is 0 Å². The summed E-state index contributed by atoms with van der Waals surface area (Å²) in [5.41, 5.74) is 10.1. The molecule has 0 aliphatic heterocycles. The molecule has 0 spiro atoms. The largest absolute Gasteiger partial charge is 0.311 e. The topological polar surface area (TPSA) is 22.6 Å². The minimum absolute atomic E-state index is 1.02. The van der Waals surface area contributed by atoms with Gasteiger partial charge in [-0.2, -0.15) is 0 Å². The molecule has 0 saturated carbocycles. The second kappa shape index (κ2) is 15.1. The van der Waals surface area contributed by atoms with Crippen LogP contribution in [0.1, 0.15) is 12.8 Å². The van der Waals surface area contributed by atoms with Crippen LogP contribution in [-0.4, -0.2) is 4.98 Å². The molecule has 282 valence electrons. The Labute approximate surface area is 351 Å². The first-order chi connectivity index (χ1) is 29.3. The predicted molar refractivity (Wildman–Crippen MR) is 254 cm³/mol. The summed E-state index contributed by atoms with van der Waals surface area (Å²) in [6.07, 6.45) is 12.8. The molecule has 3 heterocycles. The quantitative estimate of drug-likeness (QED) is 0.145. The van der Waals surface area contributed by atoms with Crippen LogP contribution in [-0.2, 0) is 0 Å². The van der Waals surface area contributed by atoms with Crippen molar-refractivity contribution >= 4 is 109 Å². The molecular formula is C53H38N4S2. The Morgan fingerprint density at radius 2 is 1.03 bits per heavy atom. The van der Waals surface area contributed by atoms with E-state index in [-0.39, 0.29) is 0 Å². The van der Waals surface area contributed by atoms with Gasteiger partial charge in [-0.25, -0.2) is 0 Å². The average Bonchev–Trinajstić information content (AvgIpc) is 3.88. The Morgan fingerprint density at radius 3 is 1.75 bits per heavy atom. The summed E-state index contributed by atoms with van der Waals surface area (Å²) in [6.45, 7) is 0. The first-order valence-corrected chi connectivity index (χ1v) is 21.6. The first-order valence-electron chi connectivity index (χ1n) is 20.0. The Kier molecular flexibility index (Phi) is 8.99. The van der Waals surface area contributed by atoms with E-state index < -0.39 is 0 Å². The number of nitrogens with zero attached hydrogens (tertiary/aromatic N) is 4. The smallest absolute Gasteiger partial charge is 0.0661 e. The van der Waals surface area contributed by atoms with E-state index in [9.17, 15) is 0 Å². The van der Waals surface area contributed by atoms with Crippen molar-refractivity contribution < 1.29 is 0 Å². The van der Waals surface area contributed by atoms with E-state index in [0.29, 0.717) is 0 Å². The summed E-state index contributed by atoms with van der Waals surface area (Å²) >= 11 is 3.73. The zero-order chi connectivity index (χ0) is 39.1. The zero-order valence-electron chi connectivity index (χ0n) is 32.1. The maximum Gasteiger partial charge on any atom is 0.0661 e. The third-order valence-electron chi connectivity index (χ3n) is 11.1. The minimum Gasteiger partial charge on any atom is -0.311 e. The molecule has 0 radical (unpaired) electrons. The summed E-state index contributed by atoms with van der Waals surface area (Å²) < 4.78 is 5.03. The highest BCUT2D eigenvalue weighted by molar-refractivity contribution is 7.27. The Morgan fingerprint density at radius 1 is 0.407 bits per heavy atom.